The standard InChI is InChI=1S/C9H20N4OSi2.C3H6N4OSi/c1-15(2,3)13-8-10-7-11-9(12-8)14-16(4,5)6;4-2-5-1-7(9)3(8)6-2/h7H,1-6H3,(H,10,11,12,13);1H,9H3,(H2,4,6,8). The van der Waals surface area contributed by atoms with Crippen molar-refractivity contribution in [3.8, 4) is 6.01 Å². The number of nitrogens with two attached hydrogens (primary N) is 1. The van der Waals surface area contributed by atoms with Crippen molar-refractivity contribution in [3.63, 3.8) is 0 Å². The van der Waals surface area contributed by atoms with Gasteiger partial charge in [0.25, 0.3) is 0 Å². The molecule has 0 fully saturated rings. The van der Waals surface area contributed by atoms with Crippen molar-refractivity contribution in [2.45, 2.75) is 39.3 Å². The Labute approximate surface area is 152 Å². The SMILES string of the molecule is C[Si](C)(C)Nc1ncnc(O[Si](C)(C)C)n1.Nc1ncn([SiH3])c(=O)n1. The van der Waals surface area contributed by atoms with Gasteiger partial charge in [0, 0.05) is 0 Å². The van der Waals surface area contributed by atoms with Gasteiger partial charge in [0.1, 0.15) is 25.0 Å². The molecule has 0 bridgehead atoms. The molecule has 0 spiro atoms. The highest BCUT2D eigenvalue weighted by atomic mass is 28.4. The van der Waals surface area contributed by atoms with Crippen LogP contribution in [0.5, 0.6) is 6.01 Å². The molecule has 0 saturated heterocycles. The van der Waals surface area contributed by atoms with Gasteiger partial charge in [-0.15, -0.1) is 0 Å². The summed E-state index contributed by atoms with van der Waals surface area (Å²) in [6, 6.07) is 0.426. The first-order valence-corrected chi connectivity index (χ1v) is 15.5. The van der Waals surface area contributed by atoms with Gasteiger partial charge in [-0.05, 0) is 19.6 Å². The van der Waals surface area contributed by atoms with Crippen LogP contribution < -0.4 is 20.8 Å². The van der Waals surface area contributed by atoms with Gasteiger partial charge in [0.15, 0.2) is 0 Å². The van der Waals surface area contributed by atoms with E-state index >= 15 is 0 Å². The van der Waals surface area contributed by atoms with Crippen molar-refractivity contribution in [2.24, 2.45) is 0 Å². The van der Waals surface area contributed by atoms with Crippen molar-refractivity contribution < 1.29 is 4.43 Å². The molecule has 2 heterocycles. The molecular formula is C12H26N8O2Si3. The average Bonchev–Trinajstić information content (AvgIpc) is 2.40. The van der Waals surface area contributed by atoms with Crippen LogP contribution in [-0.4, -0.2) is 56.1 Å². The van der Waals surface area contributed by atoms with Gasteiger partial charge >= 0.3 is 11.7 Å². The minimum atomic E-state index is -1.65. The number of rotatable bonds is 4. The van der Waals surface area contributed by atoms with Crippen LogP contribution in [0.4, 0.5) is 11.9 Å². The lowest BCUT2D eigenvalue weighted by Crippen LogP contribution is -2.34. The fourth-order valence-electron chi connectivity index (χ4n) is 1.40. The topological polar surface area (TPSA) is 134 Å². The van der Waals surface area contributed by atoms with E-state index in [2.05, 4.69) is 69.2 Å². The maximum absolute atomic E-state index is 10.6. The highest BCUT2D eigenvalue weighted by molar-refractivity contribution is 6.79. The van der Waals surface area contributed by atoms with Gasteiger partial charge < -0.3 is 19.4 Å². The van der Waals surface area contributed by atoms with Gasteiger partial charge in [0.05, 0.1) is 6.33 Å². The second-order valence-electron chi connectivity index (χ2n) is 7.29. The van der Waals surface area contributed by atoms with E-state index in [9.17, 15) is 4.79 Å². The first-order valence-electron chi connectivity index (χ1n) is 7.67. The van der Waals surface area contributed by atoms with Gasteiger partial charge in [-0.1, -0.05) is 19.6 Å². The van der Waals surface area contributed by atoms with E-state index < -0.39 is 16.6 Å². The molecule has 138 valence electrons. The van der Waals surface area contributed by atoms with Crippen molar-refractivity contribution in [1.82, 2.24) is 29.2 Å². The summed E-state index contributed by atoms with van der Waals surface area (Å²) in [4.78, 5) is 33.3. The zero-order valence-electron chi connectivity index (χ0n) is 15.7. The molecule has 13 heteroatoms. The second kappa shape index (κ2) is 8.30. The van der Waals surface area contributed by atoms with Crippen LogP contribution >= 0.6 is 0 Å². The predicted octanol–water partition coefficient (Wildman–Crippen LogP) is -0.319. The Kier molecular flexibility index (Phi) is 6.95. The van der Waals surface area contributed by atoms with Crippen LogP contribution in [-0.2, 0) is 0 Å². The molecule has 2 aromatic rings. The van der Waals surface area contributed by atoms with Crippen LogP contribution in [0.25, 0.3) is 0 Å². The zero-order chi connectivity index (χ0) is 19.3. The first kappa shape index (κ1) is 20.9. The third-order valence-electron chi connectivity index (χ3n) is 2.31. The lowest BCUT2D eigenvalue weighted by molar-refractivity contribution is 0.507. The molecule has 0 aliphatic heterocycles. The molecule has 0 aliphatic rings. The van der Waals surface area contributed by atoms with E-state index in [0.29, 0.717) is 22.4 Å². The lowest BCUT2D eigenvalue weighted by Gasteiger charge is -2.20. The predicted molar refractivity (Wildman–Crippen MR) is 107 cm³/mol. The minimum Gasteiger partial charge on any atom is -0.518 e. The number of hydrogen-bond acceptors (Lipinski definition) is 9. The van der Waals surface area contributed by atoms with E-state index in [1.54, 1.807) is 0 Å². The highest BCUT2D eigenvalue weighted by Crippen LogP contribution is 2.12. The van der Waals surface area contributed by atoms with Crippen LogP contribution in [0.2, 0.25) is 39.3 Å². The molecule has 25 heavy (non-hydrogen) atoms. The summed E-state index contributed by atoms with van der Waals surface area (Å²) in [5.74, 6) is 0.648. The smallest absolute Gasteiger partial charge is 0.343 e. The second-order valence-corrected chi connectivity index (χ2v) is 17.4. The molecule has 0 amide bonds. The van der Waals surface area contributed by atoms with Crippen molar-refractivity contribution in [3.05, 3.63) is 23.1 Å². The summed E-state index contributed by atoms with van der Waals surface area (Å²) in [6.07, 6.45) is 2.88. The Hall–Kier alpha value is -2.13. The highest BCUT2D eigenvalue weighted by Gasteiger charge is 2.19. The van der Waals surface area contributed by atoms with E-state index in [1.165, 1.54) is 16.9 Å². The molecule has 0 atom stereocenters. The maximum Gasteiger partial charge on any atom is 0.343 e. The van der Waals surface area contributed by atoms with E-state index in [0.717, 1.165) is 0 Å². The third kappa shape index (κ3) is 9.06. The molecule has 0 aromatic carbocycles. The quantitative estimate of drug-likeness (QED) is 0.664. The monoisotopic (exact) mass is 398 g/mol. The zero-order valence-corrected chi connectivity index (χ0v) is 19.7. The fourth-order valence-corrected chi connectivity index (χ4v) is 3.05. The van der Waals surface area contributed by atoms with Gasteiger partial charge in [0.2, 0.25) is 20.2 Å². The van der Waals surface area contributed by atoms with E-state index in [4.69, 9.17) is 10.2 Å². The van der Waals surface area contributed by atoms with Crippen LogP contribution in [0.3, 0.4) is 0 Å². The first-order chi connectivity index (χ1) is 11.4. The molecule has 0 radical (unpaired) electrons. The Balaban J connectivity index is 0.000000293. The molecule has 0 saturated carbocycles. The summed E-state index contributed by atoms with van der Waals surface area (Å²) in [6.45, 7) is 12.9. The summed E-state index contributed by atoms with van der Waals surface area (Å²) < 4.78 is 7.09. The van der Waals surface area contributed by atoms with Gasteiger partial charge in [-0.25, -0.2) is 14.8 Å². The molecule has 2 aromatic heterocycles. The molecule has 0 unspecified atom stereocenters. The Morgan fingerprint density at radius 2 is 1.76 bits per heavy atom. The molecule has 2 rings (SSSR count). The van der Waals surface area contributed by atoms with Gasteiger partial charge in [-0.2, -0.15) is 15.0 Å². The summed E-state index contributed by atoms with van der Waals surface area (Å²) in [5.41, 5.74) is 4.78. The Morgan fingerprint density at radius 1 is 1.12 bits per heavy atom. The van der Waals surface area contributed by atoms with Gasteiger partial charge in [-0.3, -0.25) is 0 Å². The molecule has 10 nitrogen and oxygen atoms in total. The number of anilines is 2. The fraction of sp³-hybridized carbons (Fsp3) is 0.500. The maximum atomic E-state index is 10.6. The number of hydrogen-bond donors (Lipinski definition) is 2. The lowest BCUT2D eigenvalue weighted by atomic mass is 10.9. The summed E-state index contributed by atoms with van der Waals surface area (Å²) in [5, 5.41) is 0. The van der Waals surface area contributed by atoms with Crippen LogP contribution in [0.1, 0.15) is 0 Å². The third-order valence-corrected chi connectivity index (χ3v) is 4.69. The van der Waals surface area contributed by atoms with Crippen LogP contribution in [0.15, 0.2) is 17.4 Å². The van der Waals surface area contributed by atoms with Crippen molar-refractivity contribution >= 4 is 38.9 Å². The summed E-state index contributed by atoms with van der Waals surface area (Å²) in [7, 11) is -2.48. The Bertz CT molecular complexity index is 726. The molecule has 3 N–H and O–H groups in total. The molecular weight excluding hydrogens is 372 g/mol. The van der Waals surface area contributed by atoms with E-state index in [-0.39, 0.29) is 11.6 Å². The van der Waals surface area contributed by atoms with E-state index in [1.807, 2.05) is 0 Å². The molecule has 0 aliphatic carbocycles. The number of aromatic nitrogens is 6. The number of nitrogens with zero attached hydrogens (tertiary/aromatic N) is 6. The number of nitrogen functional groups attached to an aromatic ring is 1. The minimum absolute atomic E-state index is 0.0344. The normalized spacial score (nSPS) is 11.4. The Morgan fingerprint density at radius 3 is 2.24 bits per heavy atom. The van der Waals surface area contributed by atoms with Crippen molar-refractivity contribution in [2.75, 3.05) is 10.7 Å². The summed E-state index contributed by atoms with van der Waals surface area (Å²) >= 11 is 0. The van der Waals surface area contributed by atoms with Crippen molar-refractivity contribution in [1.29, 1.82) is 0 Å². The average molecular weight is 399 g/mol. The largest absolute Gasteiger partial charge is 0.518 e. The number of nitrogens with one attached hydrogen (secondary N) is 1. The van der Waals surface area contributed by atoms with Crippen LogP contribution in [0, 0.1) is 0 Å².